The molecule has 0 heterocycles. The molecule has 3 heteroatoms. The summed E-state index contributed by atoms with van der Waals surface area (Å²) >= 11 is 0. The highest BCUT2D eigenvalue weighted by Gasteiger charge is 1.78. The van der Waals surface area contributed by atoms with Gasteiger partial charge in [0.2, 0.25) is 0 Å². The molecule has 38 valence electrons. The monoisotopic (exact) mass is 119 g/mol. The van der Waals surface area contributed by atoms with Gasteiger partial charge in [-0.05, 0) is 0 Å². The van der Waals surface area contributed by atoms with Gasteiger partial charge in [-0.2, -0.15) is 0 Å². The Bertz CT molecular complexity index is 20.8. The Balaban J connectivity index is 2.34. The molecule has 0 aromatic rings. The molecule has 0 saturated heterocycles. The normalized spacial score (nSPS) is 13.0. The van der Waals surface area contributed by atoms with E-state index in [2.05, 4.69) is 6.92 Å². The second-order valence-electron chi connectivity index (χ2n) is 1.50. The van der Waals surface area contributed by atoms with Crippen LogP contribution in [0.25, 0.3) is 0 Å². The quantitative estimate of drug-likeness (QED) is 0.375. The Kier molecular flexibility index (Phi) is 5.75. The van der Waals surface area contributed by atoms with Crippen LogP contribution >= 0.6 is 0 Å². The maximum atomic E-state index is 5.39. The van der Waals surface area contributed by atoms with Crippen LogP contribution in [-0.4, -0.2) is 19.2 Å². The van der Waals surface area contributed by atoms with E-state index in [1.165, 1.54) is 11.7 Å². The third kappa shape index (κ3) is 4.39. The van der Waals surface area contributed by atoms with Crippen molar-refractivity contribution in [2.45, 2.75) is 18.6 Å². The molecular weight excluding hydrogens is 106 g/mol. The lowest BCUT2D eigenvalue weighted by molar-refractivity contribution is 1.44. The van der Waals surface area contributed by atoms with Crippen LogP contribution in [0.5, 0.6) is 0 Å². The van der Waals surface area contributed by atoms with E-state index < -0.39 is 0 Å². The van der Waals surface area contributed by atoms with E-state index in [1.54, 1.807) is 0 Å². The summed E-state index contributed by atoms with van der Waals surface area (Å²) in [5.41, 5.74) is 1.47. The minimum atomic E-state index is -0.0353. The van der Waals surface area contributed by atoms with Crippen LogP contribution in [0, 0.1) is 0 Å². The molecule has 0 aliphatic heterocycles. The SMILES string of the molecule is CC[SiH2]C[SiH2]N. The van der Waals surface area contributed by atoms with Gasteiger partial charge in [-0.1, -0.05) is 18.6 Å². The first kappa shape index (κ1) is 6.39. The van der Waals surface area contributed by atoms with Gasteiger partial charge in [0.05, 0.1) is 9.68 Å². The Hall–Kier alpha value is 0.394. The molecule has 0 saturated carbocycles. The molecular formula is C3H13NSi2. The van der Waals surface area contributed by atoms with Gasteiger partial charge >= 0.3 is 0 Å². The van der Waals surface area contributed by atoms with Crippen molar-refractivity contribution in [2.75, 3.05) is 0 Å². The topological polar surface area (TPSA) is 26.0 Å². The molecule has 0 atom stereocenters. The fraction of sp³-hybridized carbons (Fsp3) is 1.00. The highest BCUT2D eigenvalue weighted by atomic mass is 28.3. The molecule has 0 unspecified atom stereocenters. The maximum Gasteiger partial charge on any atom is 0.0856 e. The predicted molar refractivity (Wildman–Crippen MR) is 36.6 cm³/mol. The molecule has 0 aliphatic rings. The fourth-order valence-corrected chi connectivity index (χ4v) is 3.55. The van der Waals surface area contributed by atoms with Crippen LogP contribution in [-0.2, 0) is 0 Å². The summed E-state index contributed by atoms with van der Waals surface area (Å²) in [6, 6.07) is 1.45. The Labute approximate surface area is 44.0 Å². The van der Waals surface area contributed by atoms with Gasteiger partial charge in [-0.15, -0.1) is 0 Å². The van der Waals surface area contributed by atoms with E-state index >= 15 is 0 Å². The van der Waals surface area contributed by atoms with Crippen molar-refractivity contribution in [3.8, 4) is 0 Å². The van der Waals surface area contributed by atoms with E-state index in [1.807, 2.05) is 0 Å². The van der Waals surface area contributed by atoms with Crippen molar-refractivity contribution < 1.29 is 0 Å². The average molecular weight is 119 g/mol. The Morgan fingerprint density at radius 3 is 2.50 bits per heavy atom. The summed E-state index contributed by atoms with van der Waals surface area (Å²) in [6.07, 6.45) is 0. The second-order valence-corrected chi connectivity index (χ2v) is 6.61. The first-order valence-electron chi connectivity index (χ1n) is 2.62. The molecule has 0 rings (SSSR count). The van der Waals surface area contributed by atoms with Crippen LogP contribution in [0.15, 0.2) is 0 Å². The third-order valence-corrected chi connectivity index (χ3v) is 5.15. The van der Waals surface area contributed by atoms with E-state index in [-0.39, 0.29) is 9.68 Å². The Morgan fingerprint density at radius 1 is 1.67 bits per heavy atom. The van der Waals surface area contributed by atoms with E-state index in [9.17, 15) is 0 Å². The van der Waals surface area contributed by atoms with E-state index in [0.29, 0.717) is 9.52 Å². The first-order chi connectivity index (χ1) is 2.91. The molecule has 1 nitrogen and oxygen atoms in total. The van der Waals surface area contributed by atoms with Gasteiger partial charge in [-0.25, -0.2) is 0 Å². The van der Waals surface area contributed by atoms with Gasteiger partial charge in [0, 0.05) is 9.52 Å². The molecule has 2 N–H and O–H groups in total. The molecule has 0 aromatic heterocycles. The number of rotatable bonds is 3. The summed E-state index contributed by atoms with van der Waals surface area (Å²) in [5.74, 6) is 0. The van der Waals surface area contributed by atoms with Crippen molar-refractivity contribution in [3.63, 3.8) is 0 Å². The van der Waals surface area contributed by atoms with Crippen molar-refractivity contribution in [2.24, 2.45) is 5.40 Å². The smallest absolute Gasteiger partial charge is 0.0856 e. The summed E-state index contributed by atoms with van der Waals surface area (Å²) in [5, 5.41) is 5.39. The summed E-state index contributed by atoms with van der Waals surface area (Å²) in [7, 11) is 0.323. The van der Waals surface area contributed by atoms with Crippen molar-refractivity contribution >= 4 is 19.2 Å². The molecule has 0 spiro atoms. The fourth-order valence-electron chi connectivity index (χ4n) is 0.394. The summed E-state index contributed by atoms with van der Waals surface area (Å²) < 4.78 is 0. The van der Waals surface area contributed by atoms with E-state index in [0.717, 1.165) is 0 Å². The average Bonchev–Trinajstić information content (AvgIpc) is 1.61. The third-order valence-electron chi connectivity index (χ3n) is 0.808. The zero-order valence-electron chi connectivity index (χ0n) is 4.41. The zero-order chi connectivity index (χ0) is 4.83. The van der Waals surface area contributed by atoms with Crippen LogP contribution in [0.4, 0.5) is 0 Å². The van der Waals surface area contributed by atoms with Crippen LogP contribution in [0.2, 0.25) is 11.7 Å². The second kappa shape index (κ2) is 5.39. The number of hydrogen-bond donors (Lipinski definition) is 1. The van der Waals surface area contributed by atoms with Gasteiger partial charge in [0.15, 0.2) is 0 Å². The Morgan fingerprint density at radius 2 is 2.33 bits per heavy atom. The lowest BCUT2D eigenvalue weighted by atomic mass is 11.0. The lowest BCUT2D eigenvalue weighted by Crippen LogP contribution is -2.06. The number of nitrogens with two attached hydrogens (primary N) is 1. The minimum Gasteiger partial charge on any atom is -0.356 e. The number of hydrogen-bond acceptors (Lipinski definition) is 1. The molecule has 0 aliphatic carbocycles. The highest BCUT2D eigenvalue weighted by Crippen LogP contribution is 1.75. The molecule has 0 aromatic carbocycles. The van der Waals surface area contributed by atoms with Crippen molar-refractivity contribution in [1.82, 2.24) is 0 Å². The maximum absolute atomic E-state index is 5.39. The summed E-state index contributed by atoms with van der Waals surface area (Å²) in [6.45, 7) is 2.26. The first-order valence-corrected chi connectivity index (χ1v) is 6.43. The molecule has 0 amide bonds. The van der Waals surface area contributed by atoms with Gasteiger partial charge < -0.3 is 5.40 Å². The molecule has 0 radical (unpaired) electrons. The largest absolute Gasteiger partial charge is 0.356 e. The molecule has 0 bridgehead atoms. The van der Waals surface area contributed by atoms with Crippen molar-refractivity contribution in [3.05, 3.63) is 0 Å². The lowest BCUT2D eigenvalue weighted by Gasteiger charge is -1.84. The van der Waals surface area contributed by atoms with Gasteiger partial charge in [0.25, 0.3) is 0 Å². The zero-order valence-corrected chi connectivity index (χ0v) is 7.23. The highest BCUT2D eigenvalue weighted by molar-refractivity contribution is 6.53. The van der Waals surface area contributed by atoms with Gasteiger partial charge in [0.1, 0.15) is 0 Å². The van der Waals surface area contributed by atoms with Gasteiger partial charge in [-0.3, -0.25) is 0 Å². The van der Waals surface area contributed by atoms with Crippen molar-refractivity contribution in [1.29, 1.82) is 0 Å². The summed E-state index contributed by atoms with van der Waals surface area (Å²) in [4.78, 5) is 0. The predicted octanol–water partition coefficient (Wildman–Crippen LogP) is -0.988. The molecule has 6 heavy (non-hydrogen) atoms. The molecule has 0 fully saturated rings. The van der Waals surface area contributed by atoms with Crippen LogP contribution in [0.3, 0.4) is 0 Å². The standard InChI is InChI=1S/C3H13NSi2/c1-2-5-3-6-4/h2-6H2,1H3. The minimum absolute atomic E-state index is 0.0353. The van der Waals surface area contributed by atoms with Crippen LogP contribution in [0.1, 0.15) is 6.92 Å². The van der Waals surface area contributed by atoms with E-state index in [4.69, 9.17) is 5.40 Å². The van der Waals surface area contributed by atoms with Crippen LogP contribution < -0.4 is 5.40 Å².